The molecule has 0 saturated carbocycles. The third-order valence-electron chi connectivity index (χ3n) is 4.95. The van der Waals surface area contributed by atoms with Crippen molar-refractivity contribution in [2.45, 2.75) is 17.9 Å². The van der Waals surface area contributed by atoms with Gasteiger partial charge in [0.25, 0.3) is 5.69 Å². The highest BCUT2D eigenvalue weighted by Gasteiger charge is 2.39. The molecule has 2 aromatic rings. The number of nitro groups is 1. The summed E-state index contributed by atoms with van der Waals surface area (Å²) in [6.45, 7) is 8.72. The maximum atomic E-state index is 13.6. The van der Waals surface area contributed by atoms with Crippen LogP contribution < -0.4 is 0 Å². The fourth-order valence-corrected chi connectivity index (χ4v) is 4.82. The van der Waals surface area contributed by atoms with Crippen molar-refractivity contribution in [2.24, 2.45) is 0 Å². The SMILES string of the molecule is C=CCN(C(C(=C)C(=O)OC)c1ccc(C(=O)OC)cc1[N+](=O)[O-])S(=O)(=O)c1ccc(C)cc1. The molecule has 34 heavy (non-hydrogen) atoms. The number of sulfonamides is 1. The summed E-state index contributed by atoms with van der Waals surface area (Å²) in [5.41, 5.74) is -0.471. The summed E-state index contributed by atoms with van der Waals surface area (Å²) in [5, 5.41) is 11.9. The van der Waals surface area contributed by atoms with Crippen LogP contribution in [0.3, 0.4) is 0 Å². The predicted octanol–water partition coefficient (Wildman–Crippen LogP) is 3.34. The van der Waals surface area contributed by atoms with Crippen LogP contribution in [0.25, 0.3) is 0 Å². The predicted molar refractivity (Wildman–Crippen MR) is 124 cm³/mol. The quantitative estimate of drug-likeness (QED) is 0.163. The Hall–Kier alpha value is -3.83. The molecule has 0 bridgehead atoms. The second-order valence-electron chi connectivity index (χ2n) is 7.12. The molecule has 0 aliphatic heterocycles. The molecule has 0 radical (unpaired) electrons. The highest BCUT2D eigenvalue weighted by Crippen LogP contribution is 2.38. The van der Waals surface area contributed by atoms with Gasteiger partial charge in [-0.15, -0.1) is 6.58 Å². The number of carbonyl (C=O) groups excluding carboxylic acids is 2. The third-order valence-corrected chi connectivity index (χ3v) is 6.79. The van der Waals surface area contributed by atoms with Crippen molar-refractivity contribution in [3.8, 4) is 0 Å². The van der Waals surface area contributed by atoms with E-state index in [1.807, 2.05) is 0 Å². The van der Waals surface area contributed by atoms with E-state index in [1.54, 1.807) is 19.1 Å². The second kappa shape index (κ2) is 10.9. The van der Waals surface area contributed by atoms with Gasteiger partial charge in [-0.3, -0.25) is 10.1 Å². The first kappa shape index (κ1) is 26.4. The van der Waals surface area contributed by atoms with Gasteiger partial charge in [-0.05, 0) is 31.2 Å². The van der Waals surface area contributed by atoms with Crippen LogP contribution in [0, 0.1) is 17.0 Å². The highest BCUT2D eigenvalue weighted by molar-refractivity contribution is 7.89. The summed E-state index contributed by atoms with van der Waals surface area (Å²) in [6.07, 6.45) is 1.28. The van der Waals surface area contributed by atoms with E-state index < -0.39 is 38.6 Å². The van der Waals surface area contributed by atoms with Gasteiger partial charge in [0.2, 0.25) is 10.0 Å². The smallest absolute Gasteiger partial charge is 0.338 e. The van der Waals surface area contributed by atoms with Gasteiger partial charge >= 0.3 is 11.9 Å². The summed E-state index contributed by atoms with van der Waals surface area (Å²) in [6, 6.07) is 7.78. The maximum Gasteiger partial charge on any atom is 0.338 e. The molecule has 0 aromatic heterocycles. The van der Waals surface area contributed by atoms with Crippen molar-refractivity contribution in [1.29, 1.82) is 0 Å². The molecule has 0 aliphatic rings. The van der Waals surface area contributed by atoms with Gasteiger partial charge in [-0.2, -0.15) is 4.31 Å². The Kier molecular flexibility index (Phi) is 8.44. The summed E-state index contributed by atoms with van der Waals surface area (Å²) in [4.78, 5) is 35.4. The summed E-state index contributed by atoms with van der Waals surface area (Å²) in [7, 11) is -2.12. The van der Waals surface area contributed by atoms with Crippen LogP contribution in [0.15, 0.2) is 72.2 Å². The Morgan fingerprint density at radius 3 is 2.26 bits per heavy atom. The topological polar surface area (TPSA) is 133 Å². The van der Waals surface area contributed by atoms with Gasteiger partial charge in [0.05, 0.1) is 46.8 Å². The van der Waals surface area contributed by atoms with Gasteiger partial charge in [-0.25, -0.2) is 18.0 Å². The summed E-state index contributed by atoms with van der Waals surface area (Å²) < 4.78 is 37.4. The number of rotatable bonds is 10. The number of aryl methyl sites for hydroxylation is 1. The second-order valence-corrected chi connectivity index (χ2v) is 9.01. The minimum absolute atomic E-state index is 0.101. The molecule has 11 heteroatoms. The van der Waals surface area contributed by atoms with E-state index in [4.69, 9.17) is 4.74 Å². The standard InChI is InChI=1S/C23H24N2O8S/c1-6-13-24(34(30,31)18-10-7-15(2)8-11-18)21(16(3)22(26)32-4)19-12-9-17(23(27)33-5)14-20(19)25(28)29/h6-12,14,21H,1,3,13H2,2,4-5H3. The van der Waals surface area contributed by atoms with Crippen LogP contribution in [0.5, 0.6) is 0 Å². The lowest BCUT2D eigenvalue weighted by Gasteiger charge is -2.31. The van der Waals surface area contributed by atoms with Crippen LogP contribution in [-0.4, -0.2) is 50.3 Å². The highest BCUT2D eigenvalue weighted by atomic mass is 32.2. The fourth-order valence-electron chi connectivity index (χ4n) is 3.25. The van der Waals surface area contributed by atoms with Gasteiger partial charge in [0.15, 0.2) is 0 Å². The number of esters is 2. The molecule has 2 rings (SSSR count). The maximum absolute atomic E-state index is 13.6. The molecule has 0 spiro atoms. The van der Waals surface area contributed by atoms with Crippen molar-refractivity contribution in [1.82, 2.24) is 4.31 Å². The van der Waals surface area contributed by atoms with Crippen molar-refractivity contribution < 1.29 is 32.4 Å². The zero-order valence-electron chi connectivity index (χ0n) is 18.9. The number of nitrogens with zero attached hydrogens (tertiary/aromatic N) is 2. The molecule has 2 aromatic carbocycles. The molecule has 0 saturated heterocycles. The Morgan fingerprint density at radius 1 is 1.15 bits per heavy atom. The van der Waals surface area contributed by atoms with E-state index in [0.29, 0.717) is 0 Å². The van der Waals surface area contributed by atoms with Crippen LogP contribution >= 0.6 is 0 Å². The number of ether oxygens (including phenoxy) is 2. The van der Waals surface area contributed by atoms with E-state index in [2.05, 4.69) is 17.9 Å². The fraction of sp³-hybridized carbons (Fsp3) is 0.217. The molecule has 1 unspecified atom stereocenters. The van der Waals surface area contributed by atoms with Crippen LogP contribution in [0.4, 0.5) is 5.69 Å². The lowest BCUT2D eigenvalue weighted by molar-refractivity contribution is -0.385. The number of hydrogen-bond acceptors (Lipinski definition) is 8. The largest absolute Gasteiger partial charge is 0.466 e. The minimum atomic E-state index is -4.31. The van der Waals surface area contributed by atoms with Crippen molar-refractivity contribution in [2.75, 3.05) is 20.8 Å². The lowest BCUT2D eigenvalue weighted by Crippen LogP contribution is -2.38. The third kappa shape index (κ3) is 5.38. The van der Waals surface area contributed by atoms with E-state index in [0.717, 1.165) is 30.2 Å². The normalized spacial score (nSPS) is 12.0. The Morgan fingerprint density at radius 2 is 1.76 bits per heavy atom. The summed E-state index contributed by atoms with van der Waals surface area (Å²) in [5.74, 6) is -1.79. The average Bonchev–Trinajstić information content (AvgIpc) is 2.82. The number of hydrogen-bond donors (Lipinski definition) is 0. The molecule has 0 amide bonds. The van der Waals surface area contributed by atoms with Gasteiger partial charge in [0, 0.05) is 12.6 Å². The number of methoxy groups -OCH3 is 2. The first-order valence-corrected chi connectivity index (χ1v) is 11.3. The number of carbonyl (C=O) groups is 2. The monoisotopic (exact) mass is 488 g/mol. The van der Waals surface area contributed by atoms with E-state index >= 15 is 0 Å². The lowest BCUT2D eigenvalue weighted by atomic mass is 9.96. The van der Waals surface area contributed by atoms with Crippen LogP contribution in [0.2, 0.25) is 0 Å². The first-order valence-electron chi connectivity index (χ1n) is 9.82. The zero-order chi connectivity index (χ0) is 25.6. The molecular weight excluding hydrogens is 464 g/mol. The molecule has 180 valence electrons. The average molecular weight is 489 g/mol. The molecule has 0 heterocycles. The molecule has 0 N–H and O–H groups in total. The van der Waals surface area contributed by atoms with E-state index in [1.165, 1.54) is 30.3 Å². The van der Waals surface area contributed by atoms with E-state index in [-0.39, 0.29) is 28.1 Å². The first-order chi connectivity index (χ1) is 16.0. The zero-order valence-corrected chi connectivity index (χ0v) is 19.7. The molecule has 0 fully saturated rings. The van der Waals surface area contributed by atoms with Crippen molar-refractivity contribution in [3.63, 3.8) is 0 Å². The van der Waals surface area contributed by atoms with Crippen LogP contribution in [0.1, 0.15) is 27.5 Å². The Bertz CT molecular complexity index is 1240. The molecule has 0 aliphatic carbocycles. The van der Waals surface area contributed by atoms with Crippen LogP contribution in [-0.2, 0) is 24.3 Å². The Balaban J connectivity index is 2.84. The van der Waals surface area contributed by atoms with Gasteiger partial charge in [-0.1, -0.05) is 30.4 Å². The molecule has 10 nitrogen and oxygen atoms in total. The van der Waals surface area contributed by atoms with Crippen molar-refractivity contribution in [3.05, 3.63) is 94.1 Å². The summed E-state index contributed by atoms with van der Waals surface area (Å²) >= 11 is 0. The molecule has 1 atom stereocenters. The van der Waals surface area contributed by atoms with Gasteiger partial charge < -0.3 is 9.47 Å². The van der Waals surface area contributed by atoms with Gasteiger partial charge in [0.1, 0.15) is 0 Å². The number of benzene rings is 2. The minimum Gasteiger partial charge on any atom is -0.466 e. The number of nitro benzene ring substituents is 1. The van der Waals surface area contributed by atoms with E-state index in [9.17, 15) is 28.1 Å². The van der Waals surface area contributed by atoms with Crippen molar-refractivity contribution >= 4 is 27.6 Å². The Labute approximate surface area is 197 Å². The molecular formula is C23H24N2O8S.